The van der Waals surface area contributed by atoms with Gasteiger partial charge in [0.2, 0.25) is 5.91 Å². The molecule has 1 unspecified atom stereocenters. The van der Waals surface area contributed by atoms with E-state index in [0.29, 0.717) is 23.3 Å². The number of imidazole rings is 1. The highest BCUT2D eigenvalue weighted by Gasteiger charge is 2.31. The largest absolute Gasteiger partial charge is 0.486 e. The van der Waals surface area contributed by atoms with Crippen LogP contribution in [0.25, 0.3) is 22.2 Å². The van der Waals surface area contributed by atoms with Crippen molar-refractivity contribution >= 4 is 33.9 Å². The summed E-state index contributed by atoms with van der Waals surface area (Å²) in [4.78, 5) is 28.1. The molecule has 5 aromatic rings. The lowest BCUT2D eigenvalue weighted by Gasteiger charge is -2.09. The molecule has 0 aliphatic carbocycles. The standard InChI is InChI=1S/C31H25N3O4S/c1-34-27-18-25(38-24-13-9-22(10-14-24)21-5-3-2-4-6-21)15-16-26(27)32-29(34)19-37-23-11-7-20(8-12-23)17-28-30(35)33-31(36)39-28/h2-16,18,28H,17,19H2,1H3,(H,33,35,36)/i28D. The lowest BCUT2D eigenvalue weighted by Crippen LogP contribution is -2.25. The van der Waals surface area contributed by atoms with Gasteiger partial charge in [-0.2, -0.15) is 0 Å². The normalized spacial score (nSPS) is 17.2. The van der Waals surface area contributed by atoms with Crippen molar-refractivity contribution in [1.29, 1.82) is 0 Å². The van der Waals surface area contributed by atoms with E-state index in [4.69, 9.17) is 15.8 Å². The number of thioether (sulfide) groups is 1. The molecule has 2 amide bonds. The molecule has 2 heterocycles. The number of benzene rings is 4. The number of hydrogen-bond acceptors (Lipinski definition) is 6. The summed E-state index contributed by atoms with van der Waals surface area (Å²) in [7, 11) is 1.94. The predicted octanol–water partition coefficient (Wildman–Crippen LogP) is 6.51. The quantitative estimate of drug-likeness (QED) is 0.244. The second-order valence-electron chi connectivity index (χ2n) is 9.11. The Morgan fingerprint density at radius 1 is 0.897 bits per heavy atom. The molecule has 4 aromatic carbocycles. The van der Waals surface area contributed by atoms with E-state index in [9.17, 15) is 9.59 Å². The van der Waals surface area contributed by atoms with Crippen molar-refractivity contribution in [3.63, 3.8) is 0 Å². The number of ether oxygens (including phenoxy) is 2. The third-order valence-electron chi connectivity index (χ3n) is 6.48. The second-order valence-corrected chi connectivity index (χ2v) is 10.2. The molecule has 1 aliphatic rings. The van der Waals surface area contributed by atoms with Crippen LogP contribution in [-0.4, -0.2) is 25.9 Å². The minimum atomic E-state index is -1.54. The van der Waals surface area contributed by atoms with Gasteiger partial charge < -0.3 is 14.0 Å². The van der Waals surface area contributed by atoms with E-state index in [2.05, 4.69) is 17.4 Å². The molecule has 0 saturated carbocycles. The second kappa shape index (κ2) is 10.7. The number of nitrogens with one attached hydrogen (secondary N) is 1. The molecule has 194 valence electrons. The van der Waals surface area contributed by atoms with Crippen molar-refractivity contribution < 1.29 is 20.4 Å². The Hall–Kier alpha value is -4.56. The summed E-state index contributed by atoms with van der Waals surface area (Å²) in [5.74, 6) is 2.28. The maximum absolute atomic E-state index is 11.9. The Balaban J connectivity index is 1.10. The van der Waals surface area contributed by atoms with Gasteiger partial charge in [0.05, 0.1) is 17.6 Å². The van der Waals surface area contributed by atoms with Crippen molar-refractivity contribution in [2.45, 2.75) is 18.3 Å². The molecule has 1 aliphatic heterocycles. The van der Waals surface area contributed by atoms with Crippen LogP contribution in [0, 0.1) is 0 Å². The number of aryl methyl sites for hydroxylation is 1. The highest BCUT2D eigenvalue weighted by Crippen LogP contribution is 2.29. The Labute approximate surface area is 231 Å². The smallest absolute Gasteiger partial charge is 0.286 e. The Morgan fingerprint density at radius 3 is 2.31 bits per heavy atom. The van der Waals surface area contributed by atoms with Crippen LogP contribution in [0.2, 0.25) is 0 Å². The molecular weight excluding hydrogens is 510 g/mol. The molecule has 1 aromatic heterocycles. The number of nitrogens with zero attached hydrogens (tertiary/aromatic N) is 2. The molecule has 1 fully saturated rings. The molecule has 0 spiro atoms. The van der Waals surface area contributed by atoms with Crippen molar-refractivity contribution in [3.8, 4) is 28.4 Å². The van der Waals surface area contributed by atoms with Crippen molar-refractivity contribution in [1.82, 2.24) is 14.9 Å². The fraction of sp³-hybridized carbons (Fsp3) is 0.129. The Morgan fingerprint density at radius 2 is 1.59 bits per heavy atom. The number of aromatic nitrogens is 2. The molecule has 0 bridgehead atoms. The number of amides is 2. The first-order valence-corrected chi connectivity index (χ1v) is 13.2. The Bertz CT molecular complexity index is 1710. The number of rotatable bonds is 8. The van der Waals surface area contributed by atoms with E-state index in [0.717, 1.165) is 39.3 Å². The van der Waals surface area contributed by atoms with Crippen LogP contribution < -0.4 is 14.8 Å². The summed E-state index contributed by atoms with van der Waals surface area (Å²) in [6.45, 7) is 0.261. The highest BCUT2D eigenvalue weighted by molar-refractivity contribution is 8.15. The number of hydrogen-bond donors (Lipinski definition) is 1. The van der Waals surface area contributed by atoms with Gasteiger partial charge in [-0.3, -0.25) is 14.9 Å². The summed E-state index contributed by atoms with van der Waals surface area (Å²) < 4.78 is 22.3. The van der Waals surface area contributed by atoms with E-state index in [1.165, 1.54) is 0 Å². The first-order valence-electron chi connectivity index (χ1n) is 12.9. The molecule has 6 rings (SSSR count). The zero-order chi connectivity index (χ0) is 27.7. The van der Waals surface area contributed by atoms with Gasteiger partial charge in [0, 0.05) is 13.1 Å². The van der Waals surface area contributed by atoms with Gasteiger partial charge in [0.25, 0.3) is 5.24 Å². The van der Waals surface area contributed by atoms with Gasteiger partial charge in [-0.1, -0.05) is 66.4 Å². The first kappa shape index (κ1) is 23.5. The minimum Gasteiger partial charge on any atom is -0.486 e. The number of fused-ring (bicyclic) bond motifs is 1. The molecular formula is C31H25N3O4S. The molecule has 1 N–H and O–H groups in total. The number of carbonyl (C=O) groups is 2. The first-order chi connectivity index (χ1) is 19.4. The third-order valence-corrected chi connectivity index (χ3v) is 7.35. The van der Waals surface area contributed by atoms with Crippen LogP contribution in [0.4, 0.5) is 4.79 Å². The zero-order valence-electron chi connectivity index (χ0n) is 22.1. The van der Waals surface area contributed by atoms with Gasteiger partial charge in [0.15, 0.2) is 0 Å². The van der Waals surface area contributed by atoms with Crippen LogP contribution in [0.3, 0.4) is 0 Å². The summed E-state index contributed by atoms with van der Waals surface area (Å²) in [6, 6.07) is 31.2. The van der Waals surface area contributed by atoms with Crippen molar-refractivity contribution in [2.75, 3.05) is 0 Å². The Kier molecular flexibility index (Phi) is 6.44. The fourth-order valence-corrected chi connectivity index (χ4v) is 5.14. The number of imide groups is 1. The molecule has 7 nitrogen and oxygen atoms in total. The van der Waals surface area contributed by atoms with E-state index in [-0.39, 0.29) is 13.0 Å². The molecule has 1 atom stereocenters. The summed E-state index contributed by atoms with van der Waals surface area (Å²) in [5.41, 5.74) is 4.82. The van der Waals surface area contributed by atoms with Crippen molar-refractivity contribution in [2.24, 2.45) is 7.05 Å². The number of carbonyl (C=O) groups excluding carboxylic acids is 2. The summed E-state index contributed by atoms with van der Waals surface area (Å²) in [5, 5.41) is 0.144. The van der Waals surface area contributed by atoms with Gasteiger partial charge in [-0.25, -0.2) is 4.98 Å². The maximum Gasteiger partial charge on any atom is 0.286 e. The van der Waals surface area contributed by atoms with Gasteiger partial charge >= 0.3 is 0 Å². The lowest BCUT2D eigenvalue weighted by atomic mass is 10.1. The average molecular weight is 537 g/mol. The van der Waals surface area contributed by atoms with Crippen molar-refractivity contribution in [3.05, 3.63) is 108 Å². The lowest BCUT2D eigenvalue weighted by molar-refractivity contribution is -0.118. The third kappa shape index (κ3) is 5.51. The van der Waals surface area contributed by atoms with E-state index in [1.54, 1.807) is 24.3 Å². The zero-order valence-corrected chi connectivity index (χ0v) is 21.9. The predicted molar refractivity (Wildman–Crippen MR) is 152 cm³/mol. The molecule has 0 radical (unpaired) electrons. The van der Waals surface area contributed by atoms with E-state index >= 15 is 0 Å². The minimum absolute atomic E-state index is 0.127. The van der Waals surface area contributed by atoms with Crippen LogP contribution in [0.5, 0.6) is 17.2 Å². The van der Waals surface area contributed by atoms with E-state index < -0.39 is 16.4 Å². The average Bonchev–Trinajstić information content (AvgIpc) is 3.41. The maximum atomic E-state index is 11.9. The van der Waals surface area contributed by atoms with E-state index in [1.807, 2.05) is 72.3 Å². The van der Waals surface area contributed by atoms with Gasteiger partial charge in [-0.05, 0) is 59.5 Å². The molecule has 1 saturated heterocycles. The molecule has 8 heteroatoms. The van der Waals surface area contributed by atoms with Crippen LogP contribution in [-0.2, 0) is 24.9 Å². The SMILES string of the molecule is [2H]C1(Cc2ccc(OCc3nc4ccc(Oc5ccc(-c6ccccc6)cc5)cc4n3C)cc2)SC(=O)NC1=O. The van der Waals surface area contributed by atoms with Crippen LogP contribution in [0.1, 0.15) is 12.8 Å². The monoisotopic (exact) mass is 536 g/mol. The summed E-state index contributed by atoms with van der Waals surface area (Å²) in [6.07, 6.45) is 0.127. The topological polar surface area (TPSA) is 82.4 Å². The molecule has 39 heavy (non-hydrogen) atoms. The highest BCUT2D eigenvalue weighted by atomic mass is 32.2. The fourth-order valence-electron chi connectivity index (χ4n) is 4.39. The van der Waals surface area contributed by atoms with Gasteiger partial charge in [-0.15, -0.1) is 0 Å². The summed E-state index contributed by atoms with van der Waals surface area (Å²) >= 11 is 0.703. The van der Waals surface area contributed by atoms with Crippen LogP contribution >= 0.6 is 11.8 Å². The van der Waals surface area contributed by atoms with Crippen LogP contribution in [0.15, 0.2) is 97.1 Å². The van der Waals surface area contributed by atoms with Gasteiger partial charge in [0.1, 0.15) is 29.7 Å².